The molecule has 0 atom stereocenters. The standard InChI is InChI=1S/C20H20F4N4O2/c1-11-14-9-28(10-15(14)26(2)19(30)18(11)21)17(29)5-12-7-27(8-12)13-3-4-25-16(6-13)20(22,23)24/h3-4,6,12H,5,7-10H2,1-2H3. The number of fused-ring (bicyclic) bond motifs is 1. The predicted octanol–water partition coefficient (Wildman–Crippen LogP) is 2.62. The Morgan fingerprint density at radius 3 is 2.63 bits per heavy atom. The fourth-order valence-corrected chi connectivity index (χ4v) is 4.05. The zero-order chi connectivity index (χ0) is 21.8. The number of aromatic nitrogens is 2. The lowest BCUT2D eigenvalue weighted by Crippen LogP contribution is -2.48. The Balaban J connectivity index is 1.38. The van der Waals surface area contributed by atoms with Crippen LogP contribution < -0.4 is 10.5 Å². The van der Waals surface area contributed by atoms with E-state index in [1.54, 1.807) is 9.80 Å². The van der Waals surface area contributed by atoms with Gasteiger partial charge in [-0.3, -0.25) is 14.6 Å². The highest BCUT2D eigenvalue weighted by Crippen LogP contribution is 2.33. The van der Waals surface area contributed by atoms with Crippen molar-refractivity contribution in [1.82, 2.24) is 14.5 Å². The summed E-state index contributed by atoms with van der Waals surface area (Å²) in [6.45, 7) is 2.98. The van der Waals surface area contributed by atoms with Crippen LogP contribution in [0.5, 0.6) is 0 Å². The lowest BCUT2D eigenvalue weighted by molar-refractivity contribution is -0.141. The second-order valence-electron chi connectivity index (χ2n) is 7.85. The van der Waals surface area contributed by atoms with Crippen molar-refractivity contribution in [1.29, 1.82) is 0 Å². The van der Waals surface area contributed by atoms with E-state index in [0.29, 0.717) is 30.0 Å². The molecule has 0 N–H and O–H groups in total. The minimum Gasteiger partial charge on any atom is -0.371 e. The average Bonchev–Trinajstić information content (AvgIpc) is 3.12. The quantitative estimate of drug-likeness (QED) is 0.711. The van der Waals surface area contributed by atoms with Crippen molar-refractivity contribution in [3.8, 4) is 0 Å². The molecule has 2 aromatic rings. The van der Waals surface area contributed by atoms with Crippen molar-refractivity contribution in [2.45, 2.75) is 32.6 Å². The van der Waals surface area contributed by atoms with Crippen LogP contribution >= 0.6 is 0 Å². The van der Waals surface area contributed by atoms with Crippen LogP contribution in [0, 0.1) is 18.7 Å². The topological polar surface area (TPSA) is 58.4 Å². The van der Waals surface area contributed by atoms with Gasteiger partial charge in [0.1, 0.15) is 5.69 Å². The molecule has 1 amide bonds. The maximum absolute atomic E-state index is 14.0. The van der Waals surface area contributed by atoms with Crippen LogP contribution in [0.3, 0.4) is 0 Å². The molecule has 6 nitrogen and oxygen atoms in total. The first kappa shape index (κ1) is 20.4. The Hall–Kier alpha value is -2.91. The summed E-state index contributed by atoms with van der Waals surface area (Å²) in [6.07, 6.45) is -3.13. The summed E-state index contributed by atoms with van der Waals surface area (Å²) in [4.78, 5) is 31.3. The Morgan fingerprint density at radius 2 is 1.97 bits per heavy atom. The Kier molecular flexibility index (Phi) is 4.82. The fourth-order valence-electron chi connectivity index (χ4n) is 4.05. The van der Waals surface area contributed by atoms with Crippen LogP contribution in [-0.4, -0.2) is 33.4 Å². The van der Waals surface area contributed by atoms with Gasteiger partial charge in [0.05, 0.1) is 6.54 Å². The minimum absolute atomic E-state index is 0.0189. The molecule has 1 saturated heterocycles. The zero-order valence-electron chi connectivity index (χ0n) is 16.5. The van der Waals surface area contributed by atoms with Gasteiger partial charge in [0, 0.05) is 56.6 Å². The van der Waals surface area contributed by atoms with Crippen molar-refractivity contribution < 1.29 is 22.4 Å². The molecule has 0 unspecified atom stereocenters. The number of halogens is 4. The van der Waals surface area contributed by atoms with Crippen LogP contribution in [-0.2, 0) is 31.1 Å². The van der Waals surface area contributed by atoms with Gasteiger partial charge in [-0.2, -0.15) is 13.2 Å². The van der Waals surface area contributed by atoms with Crippen LogP contribution in [0.1, 0.15) is 28.9 Å². The van der Waals surface area contributed by atoms with Gasteiger partial charge < -0.3 is 14.4 Å². The molecule has 0 spiro atoms. The number of anilines is 1. The molecule has 0 aliphatic carbocycles. The molecule has 0 bridgehead atoms. The lowest BCUT2D eigenvalue weighted by Gasteiger charge is -2.41. The van der Waals surface area contributed by atoms with Crippen LogP contribution in [0.4, 0.5) is 23.2 Å². The second kappa shape index (κ2) is 7.10. The maximum Gasteiger partial charge on any atom is 0.433 e. The largest absolute Gasteiger partial charge is 0.433 e. The van der Waals surface area contributed by atoms with E-state index >= 15 is 0 Å². The number of carbonyl (C=O) groups is 1. The summed E-state index contributed by atoms with van der Waals surface area (Å²) in [7, 11) is 1.49. The van der Waals surface area contributed by atoms with Crippen molar-refractivity contribution in [3.05, 3.63) is 57.0 Å². The first-order valence-electron chi connectivity index (χ1n) is 9.49. The summed E-state index contributed by atoms with van der Waals surface area (Å²) in [5.41, 5.74) is 0.356. The number of rotatable bonds is 3. The molecule has 10 heteroatoms. The number of carbonyl (C=O) groups excluding carboxylic acids is 1. The van der Waals surface area contributed by atoms with Crippen LogP contribution in [0.2, 0.25) is 0 Å². The van der Waals surface area contributed by atoms with Gasteiger partial charge in [-0.25, -0.2) is 4.39 Å². The number of amides is 1. The molecule has 0 aromatic carbocycles. The minimum atomic E-state index is -4.50. The maximum atomic E-state index is 14.0. The number of pyridine rings is 2. The van der Waals surface area contributed by atoms with Gasteiger partial charge in [-0.05, 0) is 30.2 Å². The molecule has 2 aliphatic rings. The molecule has 1 fully saturated rings. The molecule has 30 heavy (non-hydrogen) atoms. The van der Waals surface area contributed by atoms with Gasteiger partial charge in [-0.15, -0.1) is 0 Å². The molecule has 0 saturated carbocycles. The van der Waals surface area contributed by atoms with E-state index in [-0.39, 0.29) is 36.9 Å². The third-order valence-corrected chi connectivity index (χ3v) is 5.89. The molecule has 160 valence electrons. The van der Waals surface area contributed by atoms with E-state index in [9.17, 15) is 27.2 Å². The molecule has 0 radical (unpaired) electrons. The van der Waals surface area contributed by atoms with Crippen molar-refractivity contribution in [2.75, 3.05) is 18.0 Å². The number of hydrogen-bond acceptors (Lipinski definition) is 4. The molecule has 4 rings (SSSR count). The molecule has 4 heterocycles. The predicted molar refractivity (Wildman–Crippen MR) is 100 cm³/mol. The SMILES string of the molecule is Cc1c2c(n(C)c(=O)c1F)CN(C(=O)CC1CN(c3ccnc(C(F)(F)F)c3)C1)C2. The van der Waals surface area contributed by atoms with E-state index in [1.807, 2.05) is 0 Å². The van der Waals surface area contributed by atoms with Crippen LogP contribution in [0.15, 0.2) is 23.1 Å². The van der Waals surface area contributed by atoms with E-state index < -0.39 is 23.2 Å². The number of hydrogen-bond donors (Lipinski definition) is 0. The first-order valence-corrected chi connectivity index (χ1v) is 9.49. The van der Waals surface area contributed by atoms with Gasteiger partial charge in [0.15, 0.2) is 5.82 Å². The average molecular weight is 424 g/mol. The van der Waals surface area contributed by atoms with Gasteiger partial charge >= 0.3 is 6.18 Å². The normalized spacial score (nSPS) is 16.6. The highest BCUT2D eigenvalue weighted by Gasteiger charge is 2.36. The van der Waals surface area contributed by atoms with Crippen LogP contribution in [0.25, 0.3) is 0 Å². The Morgan fingerprint density at radius 1 is 1.27 bits per heavy atom. The number of nitrogens with zero attached hydrogens (tertiary/aromatic N) is 4. The highest BCUT2D eigenvalue weighted by atomic mass is 19.4. The van der Waals surface area contributed by atoms with Gasteiger partial charge in [-0.1, -0.05) is 0 Å². The summed E-state index contributed by atoms with van der Waals surface area (Å²) >= 11 is 0. The van der Waals surface area contributed by atoms with Crippen molar-refractivity contribution in [2.24, 2.45) is 13.0 Å². The molecular weight excluding hydrogens is 404 g/mol. The van der Waals surface area contributed by atoms with Gasteiger partial charge in [0.2, 0.25) is 5.91 Å². The molecule has 2 aliphatic heterocycles. The zero-order valence-corrected chi connectivity index (χ0v) is 16.5. The highest BCUT2D eigenvalue weighted by molar-refractivity contribution is 5.77. The second-order valence-corrected chi connectivity index (χ2v) is 7.85. The lowest BCUT2D eigenvalue weighted by atomic mass is 9.95. The van der Waals surface area contributed by atoms with E-state index in [0.717, 1.165) is 12.3 Å². The first-order chi connectivity index (χ1) is 14.1. The molecule has 2 aromatic heterocycles. The summed E-state index contributed by atoms with van der Waals surface area (Å²) in [5.74, 6) is -0.894. The van der Waals surface area contributed by atoms with E-state index in [2.05, 4.69) is 4.98 Å². The monoisotopic (exact) mass is 424 g/mol. The van der Waals surface area contributed by atoms with Gasteiger partial charge in [0.25, 0.3) is 5.56 Å². The van der Waals surface area contributed by atoms with E-state index in [4.69, 9.17) is 0 Å². The summed E-state index contributed by atoms with van der Waals surface area (Å²) in [5, 5.41) is 0. The summed E-state index contributed by atoms with van der Waals surface area (Å²) < 4.78 is 53.7. The smallest absolute Gasteiger partial charge is 0.371 e. The Labute approximate surface area is 169 Å². The van der Waals surface area contributed by atoms with Crippen molar-refractivity contribution >= 4 is 11.6 Å². The van der Waals surface area contributed by atoms with E-state index in [1.165, 1.54) is 24.6 Å². The third-order valence-electron chi connectivity index (χ3n) is 5.89. The number of alkyl halides is 3. The third kappa shape index (κ3) is 3.44. The Bertz CT molecular complexity index is 1070. The molecular formula is C20H20F4N4O2. The fraction of sp³-hybridized carbons (Fsp3) is 0.450. The van der Waals surface area contributed by atoms with Crippen molar-refractivity contribution in [3.63, 3.8) is 0 Å². The summed E-state index contributed by atoms with van der Waals surface area (Å²) in [6, 6.07) is 2.52.